The minimum absolute atomic E-state index is 0.934. The molecule has 70 valence electrons. The van der Waals surface area contributed by atoms with Gasteiger partial charge in [-0.05, 0) is 0 Å². The zero-order chi connectivity index (χ0) is 9.10. The maximum atomic E-state index is 3.14. The van der Waals surface area contributed by atoms with Crippen molar-refractivity contribution in [3.05, 3.63) is 52.1 Å². The molecule has 0 amide bonds. The van der Waals surface area contributed by atoms with E-state index in [0.717, 1.165) is 10.3 Å². The van der Waals surface area contributed by atoms with Gasteiger partial charge in [0.15, 0.2) is 0 Å². The third kappa shape index (κ3) is 2.07. The molecule has 2 rings (SSSR count). The number of nitrogens with one attached hydrogen (secondary N) is 1. The molecule has 2 aromatic rings. The summed E-state index contributed by atoms with van der Waals surface area (Å²) in [6.07, 6.45) is 4.00. The normalized spacial score (nSPS) is 10.3. The first-order valence-corrected chi connectivity index (χ1v) is 5.23. The summed E-state index contributed by atoms with van der Waals surface area (Å²) in [6.45, 7) is 0.934. The molecule has 0 aliphatic heterocycles. The van der Waals surface area contributed by atoms with Crippen molar-refractivity contribution in [1.82, 2.24) is 9.55 Å². The Morgan fingerprint density at radius 3 is 2.62 bits per heavy atom. The fourth-order valence-electron chi connectivity index (χ4n) is 1.23. The van der Waals surface area contributed by atoms with Gasteiger partial charge in [-0.25, -0.2) is 0 Å². The molecule has 0 atom stereocenters. The molecule has 0 aliphatic carbocycles. The molecule has 0 spiro atoms. The molecule has 0 saturated heterocycles. The van der Waals surface area contributed by atoms with E-state index in [4.69, 9.17) is 0 Å². The van der Waals surface area contributed by atoms with Crippen LogP contribution in [0.1, 0.15) is 5.56 Å². The van der Waals surface area contributed by atoms with Gasteiger partial charge in [0.05, 0.1) is 0 Å². The summed E-state index contributed by atoms with van der Waals surface area (Å²) >= 11 is 2.27. The monoisotopic (exact) mass is 353 g/mol. The average Bonchev–Trinajstić information content (AvgIpc) is 2.54. The van der Waals surface area contributed by atoms with E-state index in [1.807, 2.05) is 12.3 Å². The Morgan fingerprint density at radius 1 is 1.23 bits per heavy atom. The van der Waals surface area contributed by atoms with E-state index in [-0.39, 0.29) is 0 Å². The second-order valence-electron chi connectivity index (χ2n) is 2.84. The van der Waals surface area contributed by atoms with Crippen LogP contribution in [0.4, 0.5) is 0 Å². The number of imidazole rings is 1. The van der Waals surface area contributed by atoms with E-state index in [9.17, 15) is 0 Å². The Labute approximate surface area is 87.6 Å². The molecule has 1 N–H and O–H groups in total. The van der Waals surface area contributed by atoms with Gasteiger partial charge in [-0.2, -0.15) is 0 Å². The Balaban J connectivity index is 2.25. The third-order valence-electron chi connectivity index (χ3n) is 1.88. The summed E-state index contributed by atoms with van der Waals surface area (Å²) in [7, 11) is 0. The van der Waals surface area contributed by atoms with E-state index in [0.29, 0.717) is 0 Å². The van der Waals surface area contributed by atoms with Crippen LogP contribution >= 0.6 is 0 Å². The van der Waals surface area contributed by atoms with Crippen molar-refractivity contribution in [2.75, 3.05) is 0 Å². The van der Waals surface area contributed by atoms with Crippen LogP contribution in [0.25, 0.3) is 0 Å². The maximum absolute atomic E-state index is 3.14. The molecule has 0 unspecified atom stereocenters. The van der Waals surface area contributed by atoms with Gasteiger partial charge in [-0.15, -0.1) is 0 Å². The van der Waals surface area contributed by atoms with Crippen LogP contribution in [0.2, 0.25) is 0 Å². The molecule has 2 nitrogen and oxygen atoms in total. The van der Waals surface area contributed by atoms with Crippen molar-refractivity contribution in [2.24, 2.45) is 0 Å². The molecule has 0 radical (unpaired) electrons. The number of aromatic amines is 1. The molecule has 13 heavy (non-hydrogen) atoms. The van der Waals surface area contributed by atoms with Crippen molar-refractivity contribution >= 4 is 0 Å². The van der Waals surface area contributed by atoms with Crippen LogP contribution in [-0.4, -0.2) is 9.55 Å². The number of aromatic nitrogens is 2. The van der Waals surface area contributed by atoms with Gasteiger partial charge < -0.3 is 0 Å². The summed E-state index contributed by atoms with van der Waals surface area (Å²) in [5.41, 5.74) is 1.32. The Hall–Kier alpha value is -0.882. The molecular formula is C10H10N2Pt. The average molecular weight is 353 g/mol. The third-order valence-corrected chi connectivity index (χ3v) is 2.86. The molecule has 3 heteroatoms. The van der Waals surface area contributed by atoms with Crippen molar-refractivity contribution in [3.8, 4) is 0 Å². The molecule has 0 fully saturated rings. The summed E-state index contributed by atoms with van der Waals surface area (Å²) in [5.74, 6) is 0. The quantitative estimate of drug-likeness (QED) is 0.852. The predicted octanol–water partition coefficient (Wildman–Crippen LogP) is 1.94. The van der Waals surface area contributed by atoms with Gasteiger partial charge in [0.25, 0.3) is 0 Å². The van der Waals surface area contributed by atoms with E-state index < -0.39 is 0 Å². The second kappa shape index (κ2) is 3.88. The Morgan fingerprint density at radius 2 is 2.00 bits per heavy atom. The van der Waals surface area contributed by atoms with Crippen LogP contribution in [0.5, 0.6) is 0 Å². The number of hydrogen-bond acceptors (Lipinski definition) is 0. The summed E-state index contributed by atoms with van der Waals surface area (Å²) in [4.78, 5) is 3.14. The molecule has 1 aromatic heterocycles. The van der Waals surface area contributed by atoms with Crippen LogP contribution in [0.15, 0.2) is 42.7 Å². The SMILES string of the molecule is [Pt]=[c]1[nH]ccn1Cc1ccccc1. The Bertz CT molecular complexity index is 427. The van der Waals surface area contributed by atoms with Crippen molar-refractivity contribution in [1.29, 1.82) is 0 Å². The van der Waals surface area contributed by atoms with Crippen LogP contribution < -0.4 is 0 Å². The summed E-state index contributed by atoms with van der Waals surface area (Å²) < 4.78 is 3.33. The van der Waals surface area contributed by atoms with E-state index in [1.165, 1.54) is 5.56 Å². The first-order valence-electron chi connectivity index (χ1n) is 4.09. The van der Waals surface area contributed by atoms with E-state index >= 15 is 0 Å². The molecule has 0 aliphatic rings. The van der Waals surface area contributed by atoms with Gasteiger partial charge in [-0.3, -0.25) is 0 Å². The van der Waals surface area contributed by atoms with Crippen molar-refractivity contribution < 1.29 is 19.4 Å². The van der Waals surface area contributed by atoms with Crippen LogP contribution in [0.3, 0.4) is 0 Å². The fraction of sp³-hybridized carbons (Fsp3) is 0.100. The molecule has 0 bridgehead atoms. The first kappa shape index (κ1) is 8.70. The number of hydrogen-bond donors (Lipinski definition) is 1. The number of nitrogens with zero attached hydrogens (tertiary/aromatic N) is 1. The van der Waals surface area contributed by atoms with Gasteiger partial charge in [0.1, 0.15) is 0 Å². The van der Waals surface area contributed by atoms with Gasteiger partial charge in [0.2, 0.25) is 0 Å². The van der Waals surface area contributed by atoms with Crippen LogP contribution in [-0.2, 0) is 25.9 Å². The number of rotatable bonds is 2. The molecular weight excluding hydrogens is 343 g/mol. The summed E-state index contributed by atoms with van der Waals surface area (Å²) in [5, 5.41) is 0. The molecule has 0 saturated carbocycles. The van der Waals surface area contributed by atoms with E-state index in [2.05, 4.69) is 59.4 Å². The number of H-pyrrole nitrogens is 1. The van der Waals surface area contributed by atoms with Gasteiger partial charge in [0, 0.05) is 0 Å². The van der Waals surface area contributed by atoms with Crippen molar-refractivity contribution in [2.45, 2.75) is 6.54 Å². The van der Waals surface area contributed by atoms with E-state index in [1.54, 1.807) is 0 Å². The molecule has 1 aromatic carbocycles. The fourth-order valence-corrected chi connectivity index (χ4v) is 1.77. The second-order valence-corrected chi connectivity index (χ2v) is 3.91. The molecule has 1 heterocycles. The van der Waals surface area contributed by atoms with Gasteiger partial charge >= 0.3 is 87.5 Å². The minimum atomic E-state index is 0.934. The predicted molar refractivity (Wildman–Crippen MR) is 47.6 cm³/mol. The van der Waals surface area contributed by atoms with Crippen molar-refractivity contribution in [3.63, 3.8) is 0 Å². The summed E-state index contributed by atoms with van der Waals surface area (Å²) in [6, 6.07) is 10.4. The van der Waals surface area contributed by atoms with Crippen LogP contribution in [0, 0.1) is 3.80 Å². The standard InChI is InChI=1S/C10H10N2.Pt/c1-2-4-10(5-3-1)8-12-7-6-11-9-12;/h1-7,11H,8H2;. The zero-order valence-corrected chi connectivity index (χ0v) is 9.28. The topological polar surface area (TPSA) is 20.7 Å². The first-order chi connectivity index (χ1) is 6.36. The number of benzene rings is 1. The Kier molecular flexibility index (Phi) is 2.60. The van der Waals surface area contributed by atoms with Gasteiger partial charge in [-0.1, -0.05) is 0 Å². The zero-order valence-electron chi connectivity index (χ0n) is 7.01.